The Morgan fingerprint density at radius 2 is 1.35 bits per heavy atom. The first-order valence-corrected chi connectivity index (χ1v) is 15.8. The zero-order chi connectivity index (χ0) is 30.5. The van der Waals surface area contributed by atoms with E-state index in [9.17, 15) is 5.11 Å². The molecule has 6 nitrogen and oxygen atoms in total. The van der Waals surface area contributed by atoms with E-state index >= 15 is 0 Å². The molecule has 2 aliphatic rings. The molecule has 4 unspecified atom stereocenters. The van der Waals surface area contributed by atoms with Crippen LogP contribution in [0.5, 0.6) is 17.2 Å². The second-order valence-corrected chi connectivity index (χ2v) is 13.0. The third-order valence-corrected chi connectivity index (χ3v) is 8.87. The molecule has 2 saturated heterocycles. The average molecular weight is 589 g/mol. The van der Waals surface area contributed by atoms with E-state index in [-0.39, 0.29) is 29.6 Å². The topological polar surface area (TPSA) is 73.0 Å². The quantitative estimate of drug-likeness (QED) is 0.175. The standard InChI is InChI=1S/C37H48O6/c1-6-28(38)21-41-33-17-10-8-13-26(33)20-37(5,7-2)32-16-12-14-27(35(32)43-25-30-23-40-30)19-36(3,4)31-15-9-11-18-34(31)42-24-29-22-39-29/h8-18,28-30,38H,6-7,19-25H2,1-5H3. The maximum Gasteiger partial charge on any atom is 0.126 e. The van der Waals surface area contributed by atoms with Crippen LogP contribution >= 0.6 is 0 Å². The van der Waals surface area contributed by atoms with Gasteiger partial charge in [0.25, 0.3) is 0 Å². The molecule has 4 atom stereocenters. The van der Waals surface area contributed by atoms with Crippen LogP contribution in [0.1, 0.15) is 69.7 Å². The highest BCUT2D eigenvalue weighted by atomic mass is 16.6. The maximum absolute atomic E-state index is 10.1. The first-order chi connectivity index (χ1) is 20.7. The van der Waals surface area contributed by atoms with Gasteiger partial charge < -0.3 is 28.8 Å². The second-order valence-electron chi connectivity index (χ2n) is 13.0. The Bertz CT molecular complexity index is 1340. The summed E-state index contributed by atoms with van der Waals surface area (Å²) in [7, 11) is 0. The van der Waals surface area contributed by atoms with Crippen LogP contribution < -0.4 is 14.2 Å². The number of aliphatic hydroxyl groups excluding tert-OH is 1. The molecule has 5 rings (SSSR count). The summed E-state index contributed by atoms with van der Waals surface area (Å²) in [6.07, 6.45) is 3.03. The van der Waals surface area contributed by atoms with Crippen molar-refractivity contribution in [3.8, 4) is 17.2 Å². The number of para-hydroxylation sites is 3. The fraction of sp³-hybridized carbons (Fsp3) is 0.514. The second kappa shape index (κ2) is 13.7. The van der Waals surface area contributed by atoms with Crippen molar-refractivity contribution in [2.75, 3.05) is 33.0 Å². The van der Waals surface area contributed by atoms with Gasteiger partial charge >= 0.3 is 0 Å². The Morgan fingerprint density at radius 1 is 0.744 bits per heavy atom. The van der Waals surface area contributed by atoms with Crippen molar-refractivity contribution in [1.29, 1.82) is 0 Å². The molecule has 1 N–H and O–H groups in total. The highest BCUT2D eigenvalue weighted by Crippen LogP contribution is 2.44. The Balaban J connectivity index is 1.46. The SMILES string of the molecule is CCC(O)COc1ccccc1CC(C)(CC)c1cccc(CC(C)(C)c2ccccc2OCC2CO2)c1OCC1CO1. The summed E-state index contributed by atoms with van der Waals surface area (Å²) in [5.41, 5.74) is 4.26. The van der Waals surface area contributed by atoms with Crippen LogP contribution in [-0.4, -0.2) is 56.5 Å². The average Bonchev–Trinajstić information content (AvgIpc) is 3.94. The number of hydrogen-bond donors (Lipinski definition) is 1. The Labute approximate surface area is 257 Å². The van der Waals surface area contributed by atoms with Crippen LogP contribution in [0.4, 0.5) is 0 Å². The molecule has 43 heavy (non-hydrogen) atoms. The van der Waals surface area contributed by atoms with Gasteiger partial charge in [0.15, 0.2) is 0 Å². The Kier molecular flexibility index (Phi) is 10.0. The van der Waals surface area contributed by atoms with Crippen LogP contribution in [0.15, 0.2) is 66.7 Å². The van der Waals surface area contributed by atoms with E-state index in [1.54, 1.807) is 0 Å². The van der Waals surface area contributed by atoms with Gasteiger partial charge in [0.05, 0.1) is 19.3 Å². The third-order valence-electron chi connectivity index (χ3n) is 8.87. The van der Waals surface area contributed by atoms with Crippen molar-refractivity contribution < 1.29 is 28.8 Å². The Morgan fingerprint density at radius 3 is 2.02 bits per heavy atom. The monoisotopic (exact) mass is 588 g/mol. The smallest absolute Gasteiger partial charge is 0.126 e. The van der Waals surface area contributed by atoms with Gasteiger partial charge in [-0.15, -0.1) is 0 Å². The highest BCUT2D eigenvalue weighted by Gasteiger charge is 2.34. The predicted molar refractivity (Wildman–Crippen MR) is 170 cm³/mol. The molecule has 0 spiro atoms. The van der Waals surface area contributed by atoms with Gasteiger partial charge in [-0.3, -0.25) is 0 Å². The molecule has 0 aliphatic carbocycles. The van der Waals surface area contributed by atoms with Crippen molar-refractivity contribution >= 4 is 0 Å². The molecule has 0 amide bonds. The molecule has 6 heteroatoms. The van der Waals surface area contributed by atoms with E-state index in [0.717, 1.165) is 55.3 Å². The number of rotatable bonds is 17. The number of hydrogen-bond acceptors (Lipinski definition) is 6. The Hall–Kier alpha value is -3.06. The summed E-state index contributed by atoms with van der Waals surface area (Å²) < 4.78 is 29.9. The molecule has 0 aromatic heterocycles. The van der Waals surface area contributed by atoms with Gasteiger partial charge in [-0.1, -0.05) is 89.2 Å². The number of ether oxygens (including phenoxy) is 5. The summed E-state index contributed by atoms with van der Waals surface area (Å²) in [4.78, 5) is 0. The van der Waals surface area contributed by atoms with Crippen LogP contribution in [0.3, 0.4) is 0 Å². The van der Waals surface area contributed by atoms with Gasteiger partial charge in [0.2, 0.25) is 0 Å². The molecule has 2 aliphatic heterocycles. The third kappa shape index (κ3) is 8.11. The maximum atomic E-state index is 10.1. The van der Waals surface area contributed by atoms with Gasteiger partial charge in [0, 0.05) is 16.5 Å². The lowest BCUT2D eigenvalue weighted by Gasteiger charge is -2.34. The van der Waals surface area contributed by atoms with Crippen LogP contribution in [0.2, 0.25) is 0 Å². The van der Waals surface area contributed by atoms with Crippen molar-refractivity contribution in [2.24, 2.45) is 0 Å². The van der Waals surface area contributed by atoms with E-state index in [1.165, 1.54) is 16.7 Å². The number of aliphatic hydroxyl groups is 1. The number of epoxide rings is 2. The van der Waals surface area contributed by atoms with Crippen LogP contribution in [0.25, 0.3) is 0 Å². The first-order valence-electron chi connectivity index (χ1n) is 15.8. The van der Waals surface area contributed by atoms with Crippen LogP contribution in [0, 0.1) is 0 Å². The molecule has 2 fully saturated rings. The molecule has 2 heterocycles. The van der Waals surface area contributed by atoms with Crippen molar-refractivity contribution in [3.63, 3.8) is 0 Å². The lowest BCUT2D eigenvalue weighted by molar-refractivity contribution is 0.103. The molecular weight excluding hydrogens is 540 g/mol. The van der Waals surface area contributed by atoms with E-state index < -0.39 is 6.10 Å². The van der Waals surface area contributed by atoms with Gasteiger partial charge in [0.1, 0.15) is 49.3 Å². The minimum Gasteiger partial charge on any atom is -0.491 e. The van der Waals surface area contributed by atoms with Gasteiger partial charge in [-0.05, 0) is 54.4 Å². The summed E-state index contributed by atoms with van der Waals surface area (Å²) in [5, 5.41) is 10.1. The minimum absolute atomic E-state index is 0.152. The van der Waals surface area contributed by atoms with E-state index in [2.05, 4.69) is 76.2 Å². The molecule has 3 aromatic rings. The van der Waals surface area contributed by atoms with Crippen molar-refractivity contribution in [2.45, 2.75) is 89.4 Å². The van der Waals surface area contributed by atoms with Crippen molar-refractivity contribution in [3.05, 3.63) is 89.0 Å². The van der Waals surface area contributed by atoms with E-state index in [0.29, 0.717) is 19.6 Å². The summed E-state index contributed by atoms with van der Waals surface area (Å²) in [6.45, 7) is 14.0. The number of benzene rings is 3. The molecule has 0 saturated carbocycles. The molecule has 0 bridgehead atoms. The zero-order valence-electron chi connectivity index (χ0n) is 26.4. The summed E-state index contributed by atoms with van der Waals surface area (Å²) in [6, 6.07) is 23.1. The lowest BCUT2D eigenvalue weighted by Crippen LogP contribution is -2.28. The van der Waals surface area contributed by atoms with Crippen LogP contribution in [-0.2, 0) is 33.1 Å². The largest absolute Gasteiger partial charge is 0.491 e. The molecular formula is C37H48O6. The predicted octanol–water partition coefficient (Wildman–Crippen LogP) is 6.82. The summed E-state index contributed by atoms with van der Waals surface area (Å²) in [5.74, 6) is 2.70. The molecule has 0 radical (unpaired) electrons. The highest BCUT2D eigenvalue weighted by molar-refractivity contribution is 5.50. The van der Waals surface area contributed by atoms with Gasteiger partial charge in [-0.25, -0.2) is 0 Å². The first kappa shape index (κ1) is 31.4. The normalized spacial score (nSPS) is 19.8. The molecule has 232 valence electrons. The molecule has 3 aromatic carbocycles. The fourth-order valence-electron chi connectivity index (χ4n) is 5.71. The lowest BCUT2D eigenvalue weighted by atomic mass is 9.72. The fourth-order valence-corrected chi connectivity index (χ4v) is 5.71. The van der Waals surface area contributed by atoms with E-state index in [1.807, 2.05) is 25.1 Å². The zero-order valence-corrected chi connectivity index (χ0v) is 26.4. The summed E-state index contributed by atoms with van der Waals surface area (Å²) >= 11 is 0. The minimum atomic E-state index is -0.479. The van der Waals surface area contributed by atoms with Gasteiger partial charge in [-0.2, -0.15) is 0 Å². The van der Waals surface area contributed by atoms with Crippen molar-refractivity contribution in [1.82, 2.24) is 0 Å². The van der Waals surface area contributed by atoms with E-state index in [4.69, 9.17) is 23.7 Å².